The van der Waals surface area contributed by atoms with E-state index in [-0.39, 0.29) is 11.9 Å². The van der Waals surface area contributed by atoms with Crippen molar-refractivity contribution in [3.63, 3.8) is 0 Å². The summed E-state index contributed by atoms with van der Waals surface area (Å²) >= 11 is 0. The third kappa shape index (κ3) is 6.41. The number of anilines is 1. The van der Waals surface area contributed by atoms with Gasteiger partial charge in [0.05, 0.1) is 32.5 Å². The molecule has 0 fully saturated rings. The minimum absolute atomic E-state index is 0.00480. The number of hydrogen-bond donors (Lipinski definition) is 1. The third-order valence-corrected chi connectivity index (χ3v) is 7.51. The number of amides is 1. The van der Waals surface area contributed by atoms with Crippen LogP contribution in [0.5, 0.6) is 17.2 Å². The van der Waals surface area contributed by atoms with Crippen molar-refractivity contribution in [2.75, 3.05) is 33.2 Å². The minimum Gasteiger partial charge on any atom is -0.497 e. The monoisotopic (exact) mass is 563 g/mol. The molecular formula is C35H37N3O4. The molecule has 0 aliphatic carbocycles. The molecule has 216 valence electrons. The van der Waals surface area contributed by atoms with Crippen molar-refractivity contribution in [1.82, 2.24) is 9.88 Å². The van der Waals surface area contributed by atoms with Crippen LogP contribution in [0, 0.1) is 0 Å². The summed E-state index contributed by atoms with van der Waals surface area (Å²) in [6.07, 6.45) is 3.47. The number of methoxy groups -OCH3 is 3. The molecule has 0 spiro atoms. The molecule has 1 N–H and O–H groups in total. The Balaban J connectivity index is 1.35. The van der Waals surface area contributed by atoms with E-state index in [4.69, 9.17) is 14.2 Å². The lowest BCUT2D eigenvalue weighted by molar-refractivity contribution is 0.0741. The van der Waals surface area contributed by atoms with Crippen LogP contribution in [0.2, 0.25) is 0 Å². The number of fused-ring (bicyclic) bond motifs is 2. The lowest BCUT2D eigenvalue weighted by atomic mass is 10.0. The van der Waals surface area contributed by atoms with Crippen LogP contribution in [0.1, 0.15) is 35.7 Å². The maximum absolute atomic E-state index is 14.1. The van der Waals surface area contributed by atoms with Gasteiger partial charge in [0.25, 0.3) is 5.91 Å². The van der Waals surface area contributed by atoms with Crippen LogP contribution in [-0.4, -0.2) is 49.7 Å². The molecule has 0 saturated heterocycles. The summed E-state index contributed by atoms with van der Waals surface area (Å²) < 4.78 is 16.5. The zero-order chi connectivity index (χ0) is 29.5. The van der Waals surface area contributed by atoms with Gasteiger partial charge in [-0.3, -0.25) is 9.78 Å². The second-order valence-corrected chi connectivity index (χ2v) is 10.4. The smallest absolute Gasteiger partial charge is 0.254 e. The second kappa shape index (κ2) is 13.3. The first kappa shape index (κ1) is 28.7. The van der Waals surface area contributed by atoms with Gasteiger partial charge in [-0.25, -0.2) is 0 Å². The molecule has 1 amide bonds. The summed E-state index contributed by atoms with van der Waals surface area (Å²) in [4.78, 5) is 20.6. The number of nitrogens with one attached hydrogen (secondary N) is 1. The normalized spacial score (nSPS) is 11.7. The molecule has 1 heterocycles. The van der Waals surface area contributed by atoms with Gasteiger partial charge in [0.15, 0.2) is 11.5 Å². The van der Waals surface area contributed by atoms with Crippen LogP contribution in [0.4, 0.5) is 5.69 Å². The fourth-order valence-corrected chi connectivity index (χ4v) is 5.35. The molecule has 0 aliphatic heterocycles. The quantitative estimate of drug-likeness (QED) is 0.171. The summed E-state index contributed by atoms with van der Waals surface area (Å²) in [6, 6.07) is 27.8. The molecule has 7 heteroatoms. The number of carbonyl (C=O) groups excluding carboxylic acids is 1. The number of pyridine rings is 1. The fourth-order valence-electron chi connectivity index (χ4n) is 5.35. The molecule has 7 nitrogen and oxygen atoms in total. The van der Waals surface area contributed by atoms with Gasteiger partial charge < -0.3 is 24.4 Å². The van der Waals surface area contributed by atoms with Crippen LogP contribution in [-0.2, 0) is 6.54 Å². The molecule has 1 aromatic heterocycles. The van der Waals surface area contributed by atoms with E-state index >= 15 is 0 Å². The van der Waals surface area contributed by atoms with Crippen molar-refractivity contribution in [3.8, 4) is 17.2 Å². The Labute approximate surface area is 247 Å². The largest absolute Gasteiger partial charge is 0.497 e. The maximum atomic E-state index is 14.1. The first-order chi connectivity index (χ1) is 20.5. The number of carbonyl (C=O) groups is 1. The molecule has 42 heavy (non-hydrogen) atoms. The minimum atomic E-state index is 0.00480. The van der Waals surface area contributed by atoms with Crippen molar-refractivity contribution < 1.29 is 19.0 Å². The zero-order valence-corrected chi connectivity index (χ0v) is 24.6. The predicted molar refractivity (Wildman–Crippen MR) is 169 cm³/mol. The van der Waals surface area contributed by atoms with Crippen LogP contribution in [0.15, 0.2) is 91.1 Å². The molecule has 0 radical (unpaired) electrons. The van der Waals surface area contributed by atoms with E-state index in [0.717, 1.165) is 51.5 Å². The highest BCUT2D eigenvalue weighted by Crippen LogP contribution is 2.30. The van der Waals surface area contributed by atoms with Crippen LogP contribution < -0.4 is 19.5 Å². The third-order valence-electron chi connectivity index (χ3n) is 7.51. The molecule has 4 aromatic carbocycles. The average Bonchev–Trinajstić information content (AvgIpc) is 3.03. The predicted octanol–water partition coefficient (Wildman–Crippen LogP) is 7.34. The number of benzene rings is 4. The lowest BCUT2D eigenvalue weighted by Gasteiger charge is -2.25. The highest BCUT2D eigenvalue weighted by Gasteiger charge is 2.20. The topological polar surface area (TPSA) is 72.9 Å². The van der Waals surface area contributed by atoms with Gasteiger partial charge in [-0.2, -0.15) is 0 Å². The van der Waals surface area contributed by atoms with E-state index in [2.05, 4.69) is 17.2 Å². The van der Waals surface area contributed by atoms with Crippen molar-refractivity contribution in [2.45, 2.75) is 32.4 Å². The van der Waals surface area contributed by atoms with Gasteiger partial charge >= 0.3 is 0 Å². The Morgan fingerprint density at radius 3 is 2.45 bits per heavy atom. The average molecular weight is 564 g/mol. The standard InChI is InChI=1S/C35H37N3O4/c1-24(37-31-22-28(40-2)21-27-13-8-18-36-34(27)31)10-9-19-38(23-25-16-17-32(41-3)33(20-25)42-4)35(39)30-15-7-12-26-11-5-6-14-29(26)30/h5-8,11-18,20-22,24,37H,9-10,19,23H2,1-4H3. The highest BCUT2D eigenvalue weighted by atomic mass is 16.5. The number of hydrogen-bond acceptors (Lipinski definition) is 6. The fraction of sp³-hybridized carbons (Fsp3) is 0.257. The Bertz CT molecular complexity index is 1680. The van der Waals surface area contributed by atoms with E-state index in [1.165, 1.54) is 0 Å². The second-order valence-electron chi connectivity index (χ2n) is 10.4. The van der Waals surface area contributed by atoms with E-state index in [0.29, 0.717) is 30.2 Å². The number of ether oxygens (including phenoxy) is 3. The van der Waals surface area contributed by atoms with Crippen molar-refractivity contribution in [3.05, 3.63) is 102 Å². The van der Waals surface area contributed by atoms with Crippen LogP contribution in [0.3, 0.4) is 0 Å². The first-order valence-electron chi connectivity index (χ1n) is 14.2. The van der Waals surface area contributed by atoms with E-state index in [9.17, 15) is 4.79 Å². The van der Waals surface area contributed by atoms with Gasteiger partial charge in [0, 0.05) is 42.3 Å². The number of aromatic nitrogens is 1. The molecule has 1 atom stereocenters. The van der Waals surface area contributed by atoms with Crippen molar-refractivity contribution in [2.24, 2.45) is 0 Å². The summed E-state index contributed by atoms with van der Waals surface area (Å²) in [5.74, 6) is 2.09. The summed E-state index contributed by atoms with van der Waals surface area (Å²) in [6.45, 7) is 3.20. The van der Waals surface area contributed by atoms with Gasteiger partial charge in [-0.05, 0) is 66.4 Å². The highest BCUT2D eigenvalue weighted by molar-refractivity contribution is 6.07. The SMILES string of the molecule is COc1cc(NC(C)CCCN(Cc2ccc(OC)c(OC)c2)C(=O)c2cccc3ccccc23)c2ncccc2c1. The van der Waals surface area contributed by atoms with E-state index in [1.807, 2.05) is 89.8 Å². The van der Waals surface area contributed by atoms with E-state index < -0.39 is 0 Å². The maximum Gasteiger partial charge on any atom is 0.254 e. The molecule has 0 aliphatic rings. The van der Waals surface area contributed by atoms with Crippen LogP contribution >= 0.6 is 0 Å². The van der Waals surface area contributed by atoms with Crippen molar-refractivity contribution >= 4 is 33.3 Å². The number of nitrogens with zero attached hydrogens (tertiary/aromatic N) is 2. The Kier molecular flexibility index (Phi) is 9.07. The molecule has 0 bridgehead atoms. The Morgan fingerprint density at radius 2 is 1.64 bits per heavy atom. The number of rotatable bonds is 12. The van der Waals surface area contributed by atoms with Gasteiger partial charge in [-0.15, -0.1) is 0 Å². The Morgan fingerprint density at radius 1 is 0.857 bits per heavy atom. The van der Waals surface area contributed by atoms with Gasteiger partial charge in [0.1, 0.15) is 5.75 Å². The summed E-state index contributed by atoms with van der Waals surface area (Å²) in [5.41, 5.74) is 3.52. The first-order valence-corrected chi connectivity index (χ1v) is 14.2. The summed E-state index contributed by atoms with van der Waals surface area (Å²) in [5, 5.41) is 6.64. The van der Waals surface area contributed by atoms with Crippen LogP contribution in [0.25, 0.3) is 21.7 Å². The van der Waals surface area contributed by atoms with Crippen molar-refractivity contribution in [1.29, 1.82) is 0 Å². The molecule has 0 saturated carbocycles. The van der Waals surface area contributed by atoms with Gasteiger partial charge in [0.2, 0.25) is 0 Å². The molecule has 1 unspecified atom stereocenters. The zero-order valence-electron chi connectivity index (χ0n) is 24.6. The molecule has 5 aromatic rings. The Hall–Kier alpha value is -4.78. The molecule has 5 rings (SSSR count). The summed E-state index contributed by atoms with van der Waals surface area (Å²) in [7, 11) is 4.91. The molecular weight excluding hydrogens is 526 g/mol. The van der Waals surface area contributed by atoms with Gasteiger partial charge in [-0.1, -0.05) is 48.5 Å². The lowest BCUT2D eigenvalue weighted by Crippen LogP contribution is -2.32. The van der Waals surface area contributed by atoms with E-state index in [1.54, 1.807) is 27.5 Å².